The number of aromatic nitrogens is 3. The Bertz CT molecular complexity index is 624. The molecule has 0 unspecified atom stereocenters. The zero-order chi connectivity index (χ0) is 14.4. The molecule has 0 bridgehead atoms. The molecule has 1 N–H and O–H groups in total. The van der Waals surface area contributed by atoms with E-state index in [-0.39, 0.29) is 19.1 Å². The lowest BCUT2D eigenvalue weighted by atomic mass is 10.3. The number of aliphatic hydroxyl groups is 1. The summed E-state index contributed by atoms with van der Waals surface area (Å²) >= 11 is 1.50. The van der Waals surface area contributed by atoms with Crippen molar-refractivity contribution in [3.05, 3.63) is 34.5 Å². The molecule has 0 aliphatic carbocycles. The van der Waals surface area contributed by atoms with Gasteiger partial charge in [-0.15, -0.1) is 11.3 Å². The van der Waals surface area contributed by atoms with Crippen LogP contribution in [0, 0.1) is 11.8 Å². The summed E-state index contributed by atoms with van der Waals surface area (Å²) in [5.41, 5.74) is 1.02. The normalized spacial score (nSPS) is 9.90. The average molecular weight is 290 g/mol. The van der Waals surface area contributed by atoms with Crippen molar-refractivity contribution >= 4 is 17.2 Å². The maximum Gasteiger partial charge on any atom is 0.244 e. The van der Waals surface area contributed by atoms with Crippen LogP contribution in [0.25, 0.3) is 0 Å². The Kier molecular flexibility index (Phi) is 4.87. The van der Waals surface area contributed by atoms with E-state index in [0.717, 1.165) is 10.4 Å². The molecule has 20 heavy (non-hydrogen) atoms. The van der Waals surface area contributed by atoms with Crippen LogP contribution in [-0.4, -0.2) is 44.3 Å². The van der Waals surface area contributed by atoms with Crippen molar-refractivity contribution in [3.8, 4) is 11.8 Å². The van der Waals surface area contributed by atoms with Gasteiger partial charge in [0, 0.05) is 13.6 Å². The predicted molar refractivity (Wildman–Crippen MR) is 74.8 cm³/mol. The standard InChI is InChI=1S/C13H14N4O2S/c1-16(13(19)7-17-10-14-9-15-17)6-11-5-12(20-8-11)3-2-4-18/h5,8-10,18H,4,6-7H2,1H3. The summed E-state index contributed by atoms with van der Waals surface area (Å²) in [6.45, 7) is 0.548. The number of carbonyl (C=O) groups excluding carboxylic acids is 1. The number of carbonyl (C=O) groups is 1. The van der Waals surface area contributed by atoms with Gasteiger partial charge < -0.3 is 10.0 Å². The Morgan fingerprint density at radius 2 is 2.45 bits per heavy atom. The first-order valence-corrected chi connectivity index (χ1v) is 6.80. The first kappa shape index (κ1) is 14.2. The molecule has 2 heterocycles. The van der Waals surface area contributed by atoms with Gasteiger partial charge in [0.1, 0.15) is 25.8 Å². The zero-order valence-electron chi connectivity index (χ0n) is 11.0. The molecule has 0 saturated carbocycles. The molecular weight excluding hydrogens is 276 g/mol. The van der Waals surface area contributed by atoms with Crippen LogP contribution in [-0.2, 0) is 17.9 Å². The van der Waals surface area contributed by atoms with Gasteiger partial charge in [0.15, 0.2) is 0 Å². The third-order valence-corrected chi connectivity index (χ3v) is 3.45. The molecule has 7 heteroatoms. The number of rotatable bonds is 4. The lowest BCUT2D eigenvalue weighted by Gasteiger charge is -2.16. The number of hydrogen-bond acceptors (Lipinski definition) is 5. The van der Waals surface area contributed by atoms with Crippen LogP contribution < -0.4 is 0 Å². The van der Waals surface area contributed by atoms with E-state index >= 15 is 0 Å². The van der Waals surface area contributed by atoms with E-state index in [1.807, 2.05) is 11.4 Å². The Morgan fingerprint density at radius 3 is 3.15 bits per heavy atom. The number of aliphatic hydroxyl groups excluding tert-OH is 1. The summed E-state index contributed by atoms with van der Waals surface area (Å²) < 4.78 is 1.49. The minimum Gasteiger partial charge on any atom is -0.384 e. The highest BCUT2D eigenvalue weighted by atomic mass is 32.1. The fraction of sp³-hybridized carbons (Fsp3) is 0.308. The monoisotopic (exact) mass is 290 g/mol. The van der Waals surface area contributed by atoms with Crippen LogP contribution in [0.4, 0.5) is 0 Å². The first-order chi connectivity index (χ1) is 9.69. The van der Waals surface area contributed by atoms with Crippen LogP contribution in [0.15, 0.2) is 24.1 Å². The van der Waals surface area contributed by atoms with Gasteiger partial charge in [-0.05, 0) is 17.0 Å². The lowest BCUT2D eigenvalue weighted by Crippen LogP contribution is -2.29. The van der Waals surface area contributed by atoms with Gasteiger partial charge in [-0.25, -0.2) is 9.67 Å². The third-order valence-electron chi connectivity index (χ3n) is 2.55. The third kappa shape index (κ3) is 3.91. The molecule has 0 saturated heterocycles. The molecule has 0 aliphatic rings. The van der Waals surface area contributed by atoms with Gasteiger partial charge >= 0.3 is 0 Å². The molecule has 1 amide bonds. The number of amides is 1. The van der Waals surface area contributed by atoms with Crippen LogP contribution in [0.5, 0.6) is 0 Å². The van der Waals surface area contributed by atoms with Crippen LogP contribution in [0.3, 0.4) is 0 Å². The summed E-state index contributed by atoms with van der Waals surface area (Å²) in [6.07, 6.45) is 2.91. The van der Waals surface area contributed by atoms with Gasteiger partial charge in [-0.2, -0.15) is 5.10 Å². The Labute approximate surface area is 120 Å². The highest BCUT2D eigenvalue weighted by Gasteiger charge is 2.11. The van der Waals surface area contributed by atoms with Crippen molar-refractivity contribution in [2.24, 2.45) is 0 Å². The maximum absolute atomic E-state index is 12.0. The van der Waals surface area contributed by atoms with Gasteiger partial charge in [0.2, 0.25) is 5.91 Å². The van der Waals surface area contributed by atoms with Crippen molar-refractivity contribution in [1.29, 1.82) is 0 Å². The highest BCUT2D eigenvalue weighted by Crippen LogP contribution is 2.15. The molecule has 2 rings (SSSR count). The Balaban J connectivity index is 1.92. The molecule has 0 aromatic carbocycles. The van der Waals surface area contributed by atoms with E-state index in [0.29, 0.717) is 6.54 Å². The second kappa shape index (κ2) is 6.84. The summed E-state index contributed by atoms with van der Waals surface area (Å²) in [6, 6.07) is 1.92. The number of likely N-dealkylation sites (N-methyl/N-ethyl adjacent to an activating group) is 1. The van der Waals surface area contributed by atoms with Gasteiger partial charge in [0.25, 0.3) is 0 Å². The van der Waals surface area contributed by atoms with E-state index in [4.69, 9.17) is 5.11 Å². The number of hydrogen-bond donors (Lipinski definition) is 1. The fourth-order valence-electron chi connectivity index (χ4n) is 1.59. The molecule has 2 aromatic rings. The molecular formula is C13H14N4O2S. The van der Waals surface area contributed by atoms with Gasteiger partial charge in [-0.1, -0.05) is 11.8 Å². The van der Waals surface area contributed by atoms with E-state index in [1.54, 1.807) is 11.9 Å². The van der Waals surface area contributed by atoms with Gasteiger partial charge in [0.05, 0.1) is 4.88 Å². The molecule has 2 aromatic heterocycles. The summed E-state index contributed by atoms with van der Waals surface area (Å²) in [7, 11) is 1.75. The van der Waals surface area contributed by atoms with E-state index in [9.17, 15) is 4.79 Å². The molecule has 6 nitrogen and oxygen atoms in total. The van der Waals surface area contributed by atoms with E-state index < -0.39 is 0 Å². The van der Waals surface area contributed by atoms with Crippen molar-refractivity contribution in [1.82, 2.24) is 19.7 Å². The van der Waals surface area contributed by atoms with Crippen LogP contribution in [0.2, 0.25) is 0 Å². The van der Waals surface area contributed by atoms with Crippen molar-refractivity contribution < 1.29 is 9.90 Å². The lowest BCUT2D eigenvalue weighted by molar-refractivity contribution is -0.131. The van der Waals surface area contributed by atoms with Crippen molar-refractivity contribution in [2.45, 2.75) is 13.1 Å². The number of nitrogens with zero attached hydrogens (tertiary/aromatic N) is 4. The minimum absolute atomic E-state index is 0.0373. The second-order valence-corrected chi connectivity index (χ2v) is 5.03. The van der Waals surface area contributed by atoms with Crippen LogP contribution >= 0.6 is 11.3 Å². The number of thiophene rings is 1. The largest absolute Gasteiger partial charge is 0.384 e. The summed E-state index contributed by atoms with van der Waals surface area (Å²) in [5, 5.41) is 14.5. The molecule has 104 valence electrons. The first-order valence-electron chi connectivity index (χ1n) is 5.92. The highest BCUT2D eigenvalue weighted by molar-refractivity contribution is 7.10. The molecule has 0 radical (unpaired) electrons. The van der Waals surface area contributed by atoms with Crippen LogP contribution in [0.1, 0.15) is 10.4 Å². The summed E-state index contributed by atoms with van der Waals surface area (Å²) in [5.74, 6) is 5.41. The molecule has 0 spiro atoms. The van der Waals surface area contributed by atoms with Crippen molar-refractivity contribution in [3.63, 3.8) is 0 Å². The topological polar surface area (TPSA) is 71.2 Å². The SMILES string of the molecule is CN(Cc1csc(C#CCO)c1)C(=O)Cn1cncn1. The smallest absolute Gasteiger partial charge is 0.244 e. The minimum atomic E-state index is -0.149. The Hall–Kier alpha value is -2.17. The molecule has 0 aliphatic heterocycles. The zero-order valence-corrected chi connectivity index (χ0v) is 11.8. The fourth-order valence-corrected chi connectivity index (χ4v) is 2.36. The summed E-state index contributed by atoms with van der Waals surface area (Å²) in [4.78, 5) is 18.3. The quantitative estimate of drug-likeness (QED) is 0.824. The molecule has 0 fully saturated rings. The van der Waals surface area contributed by atoms with E-state index in [1.165, 1.54) is 28.7 Å². The van der Waals surface area contributed by atoms with E-state index in [2.05, 4.69) is 21.9 Å². The predicted octanol–water partition coefficient (Wildman–Crippen LogP) is 0.342. The maximum atomic E-state index is 12.0. The molecule has 0 atom stereocenters. The Morgan fingerprint density at radius 1 is 1.60 bits per heavy atom. The van der Waals surface area contributed by atoms with Crippen molar-refractivity contribution in [2.75, 3.05) is 13.7 Å². The second-order valence-electron chi connectivity index (χ2n) is 4.12. The van der Waals surface area contributed by atoms with Gasteiger partial charge in [-0.3, -0.25) is 4.79 Å². The average Bonchev–Trinajstić information content (AvgIpc) is 3.08.